The van der Waals surface area contributed by atoms with Crippen LogP contribution < -0.4 is 0 Å². The maximum atomic E-state index is 12.7. The quantitative estimate of drug-likeness (QED) is 0.135. The van der Waals surface area contributed by atoms with Gasteiger partial charge >= 0.3 is 17.9 Å². The van der Waals surface area contributed by atoms with Gasteiger partial charge in [0.15, 0.2) is 0 Å². The van der Waals surface area contributed by atoms with Gasteiger partial charge in [-0.15, -0.1) is 0 Å². The third kappa shape index (κ3) is 5.76. The van der Waals surface area contributed by atoms with Crippen LogP contribution in [0.5, 0.6) is 0 Å². The smallest absolute Gasteiger partial charge is 0.306 e. The van der Waals surface area contributed by atoms with Crippen molar-refractivity contribution in [2.45, 2.75) is 111 Å². The number of ether oxygens (including phenoxy) is 4. The van der Waals surface area contributed by atoms with Gasteiger partial charge in [-0.3, -0.25) is 19.1 Å². The molecule has 1 saturated carbocycles. The highest BCUT2D eigenvalue weighted by molar-refractivity contribution is 5.70. The van der Waals surface area contributed by atoms with Crippen molar-refractivity contribution in [1.29, 1.82) is 0 Å². The summed E-state index contributed by atoms with van der Waals surface area (Å²) in [5.41, 5.74) is -0.0331. The van der Waals surface area contributed by atoms with E-state index in [-0.39, 0.29) is 17.8 Å². The SMILES string of the molecule is C=C/C(C)=C/C[C@]1(C)[C@H](C)C[C@H](O)C23C(=C[C@@H](OC(=O)CCCCC)C[C@H]21)[C@@H](OC(C)=O)O[C@H]3OC(C)=O. The summed E-state index contributed by atoms with van der Waals surface area (Å²) in [6.07, 6.45) is 6.32. The molecule has 1 N–H and O–H groups in total. The zero-order valence-electron chi connectivity index (χ0n) is 23.7. The van der Waals surface area contributed by atoms with Crippen molar-refractivity contribution >= 4 is 17.9 Å². The van der Waals surface area contributed by atoms with Crippen LogP contribution in [0.4, 0.5) is 0 Å². The number of hydrogen-bond donors (Lipinski definition) is 1. The minimum Gasteiger partial charge on any atom is -0.458 e. The lowest BCUT2D eigenvalue weighted by Gasteiger charge is -2.60. The zero-order chi connectivity index (χ0) is 28.3. The Bertz CT molecular complexity index is 983. The molecule has 1 aliphatic heterocycles. The van der Waals surface area contributed by atoms with Gasteiger partial charge in [0.05, 0.1) is 11.5 Å². The first-order chi connectivity index (χ1) is 17.9. The second kappa shape index (κ2) is 12.2. The van der Waals surface area contributed by atoms with E-state index in [2.05, 4.69) is 33.4 Å². The van der Waals surface area contributed by atoms with Gasteiger partial charge in [0, 0.05) is 25.8 Å². The van der Waals surface area contributed by atoms with Crippen molar-refractivity contribution in [1.82, 2.24) is 0 Å². The van der Waals surface area contributed by atoms with Gasteiger partial charge < -0.3 is 19.3 Å². The summed E-state index contributed by atoms with van der Waals surface area (Å²) in [6.45, 7) is 14.8. The van der Waals surface area contributed by atoms with Crippen LogP contribution in [0.15, 0.2) is 36.0 Å². The molecule has 0 amide bonds. The van der Waals surface area contributed by atoms with E-state index in [1.165, 1.54) is 13.8 Å². The Hall–Kier alpha value is -2.45. The molecule has 8 atom stereocenters. The first-order valence-corrected chi connectivity index (χ1v) is 13.8. The Balaban J connectivity index is 2.14. The van der Waals surface area contributed by atoms with E-state index < -0.39 is 47.6 Å². The third-order valence-corrected chi connectivity index (χ3v) is 8.85. The summed E-state index contributed by atoms with van der Waals surface area (Å²) < 4.78 is 23.2. The van der Waals surface area contributed by atoms with Crippen LogP contribution in [0.25, 0.3) is 0 Å². The van der Waals surface area contributed by atoms with Gasteiger partial charge in [0.1, 0.15) is 6.10 Å². The molecule has 0 radical (unpaired) electrons. The summed E-state index contributed by atoms with van der Waals surface area (Å²) >= 11 is 0. The molecule has 3 aliphatic rings. The van der Waals surface area contributed by atoms with Gasteiger partial charge in [0.25, 0.3) is 0 Å². The predicted octanol–water partition coefficient (Wildman–Crippen LogP) is 5.15. The Morgan fingerprint density at radius 3 is 2.42 bits per heavy atom. The van der Waals surface area contributed by atoms with Gasteiger partial charge in [-0.2, -0.15) is 0 Å². The molecule has 8 nitrogen and oxygen atoms in total. The zero-order valence-corrected chi connectivity index (χ0v) is 23.7. The molecular formula is C30H44O8. The lowest BCUT2D eigenvalue weighted by molar-refractivity contribution is -0.254. The summed E-state index contributed by atoms with van der Waals surface area (Å²) in [5.74, 6) is -1.67. The average molecular weight is 533 g/mol. The van der Waals surface area contributed by atoms with E-state index in [9.17, 15) is 19.5 Å². The molecule has 1 saturated heterocycles. The first kappa shape index (κ1) is 30.1. The molecule has 2 fully saturated rings. The fraction of sp³-hybridized carbons (Fsp3) is 0.700. The van der Waals surface area contributed by atoms with Crippen LogP contribution in [0, 0.1) is 22.7 Å². The number of carbonyl (C=O) groups is 3. The van der Waals surface area contributed by atoms with E-state index in [0.717, 1.165) is 24.8 Å². The molecule has 3 rings (SSSR count). The fourth-order valence-corrected chi connectivity index (χ4v) is 6.62. The van der Waals surface area contributed by atoms with Gasteiger partial charge in [-0.05, 0) is 55.9 Å². The number of aliphatic hydroxyl groups is 1. The molecule has 1 spiro atoms. The highest BCUT2D eigenvalue weighted by atomic mass is 16.8. The molecule has 8 heteroatoms. The van der Waals surface area contributed by atoms with Gasteiger partial charge in [0.2, 0.25) is 12.6 Å². The number of esters is 3. The highest BCUT2D eigenvalue weighted by Crippen LogP contribution is 2.67. The van der Waals surface area contributed by atoms with Gasteiger partial charge in [-0.25, -0.2) is 0 Å². The Kier molecular flexibility index (Phi) is 9.63. The van der Waals surface area contributed by atoms with Crippen LogP contribution >= 0.6 is 0 Å². The minimum atomic E-state index is -1.17. The van der Waals surface area contributed by atoms with Crippen LogP contribution in [-0.4, -0.2) is 47.8 Å². The van der Waals surface area contributed by atoms with Crippen LogP contribution in [0.1, 0.15) is 86.5 Å². The summed E-state index contributed by atoms with van der Waals surface area (Å²) in [7, 11) is 0. The number of unbranched alkanes of at least 4 members (excludes halogenated alkanes) is 2. The van der Waals surface area contributed by atoms with Gasteiger partial charge in [-0.1, -0.05) is 57.9 Å². The standard InChI is InChI=1S/C30H44O8/c1-8-10-11-12-26(34)37-22-16-23-27(35-20(5)31)38-28(36-21(6)32)30(23)24(17-22)29(7,14-13-18(3)9-2)19(4)15-25(30)33/h9,13,16,19,22,24-25,27-28,33H,2,8,10-12,14-15,17H2,1,3-7H3/b18-13+/t19-,22-,24+,25+,27+,28-,29-,30?/m1/s1. The van der Waals surface area contributed by atoms with E-state index in [1.54, 1.807) is 12.2 Å². The molecule has 212 valence electrons. The molecule has 0 bridgehead atoms. The van der Waals surface area contributed by atoms with Crippen molar-refractivity contribution in [2.24, 2.45) is 22.7 Å². The topological polar surface area (TPSA) is 108 Å². The number of carbonyl (C=O) groups excluding carboxylic acids is 3. The normalized spacial score (nSPS) is 36.4. The summed E-state index contributed by atoms with van der Waals surface area (Å²) in [6, 6.07) is 0. The lowest BCUT2D eigenvalue weighted by Crippen LogP contribution is -2.63. The Morgan fingerprint density at radius 1 is 1.13 bits per heavy atom. The fourth-order valence-electron chi connectivity index (χ4n) is 6.62. The lowest BCUT2D eigenvalue weighted by atomic mass is 9.45. The molecule has 38 heavy (non-hydrogen) atoms. The molecule has 1 heterocycles. The van der Waals surface area contributed by atoms with Crippen molar-refractivity contribution < 1.29 is 38.4 Å². The predicted molar refractivity (Wildman–Crippen MR) is 141 cm³/mol. The molecule has 1 unspecified atom stereocenters. The van der Waals surface area contributed by atoms with Crippen LogP contribution in [0.2, 0.25) is 0 Å². The second-order valence-electron chi connectivity index (χ2n) is 11.4. The van der Waals surface area contributed by atoms with E-state index in [1.807, 2.05) is 6.92 Å². The highest BCUT2D eigenvalue weighted by Gasteiger charge is 2.71. The molecule has 0 aromatic rings. The Labute approximate surface area is 226 Å². The number of rotatable bonds is 10. The number of aliphatic hydroxyl groups excluding tert-OH is 1. The summed E-state index contributed by atoms with van der Waals surface area (Å²) in [5, 5.41) is 11.7. The maximum Gasteiger partial charge on any atom is 0.306 e. The average Bonchev–Trinajstić information content (AvgIpc) is 3.13. The van der Waals surface area contributed by atoms with E-state index in [0.29, 0.717) is 31.3 Å². The van der Waals surface area contributed by atoms with Crippen LogP contribution in [0.3, 0.4) is 0 Å². The van der Waals surface area contributed by atoms with Crippen molar-refractivity contribution in [3.63, 3.8) is 0 Å². The van der Waals surface area contributed by atoms with E-state index >= 15 is 0 Å². The summed E-state index contributed by atoms with van der Waals surface area (Å²) in [4.78, 5) is 37.0. The van der Waals surface area contributed by atoms with Crippen molar-refractivity contribution in [3.8, 4) is 0 Å². The van der Waals surface area contributed by atoms with Crippen LogP contribution in [-0.2, 0) is 33.3 Å². The molecule has 0 aromatic heterocycles. The minimum absolute atomic E-state index is 0.0769. The first-order valence-electron chi connectivity index (χ1n) is 13.8. The number of hydrogen-bond acceptors (Lipinski definition) is 8. The largest absolute Gasteiger partial charge is 0.458 e. The monoisotopic (exact) mass is 532 g/mol. The Morgan fingerprint density at radius 2 is 1.82 bits per heavy atom. The molecular weight excluding hydrogens is 488 g/mol. The van der Waals surface area contributed by atoms with Crippen molar-refractivity contribution in [2.75, 3.05) is 0 Å². The van der Waals surface area contributed by atoms with Crippen molar-refractivity contribution in [3.05, 3.63) is 36.0 Å². The van der Waals surface area contributed by atoms with E-state index in [4.69, 9.17) is 18.9 Å². The maximum absolute atomic E-state index is 12.7. The number of allylic oxidation sites excluding steroid dienone is 3. The molecule has 2 aliphatic carbocycles. The molecule has 0 aromatic carbocycles. The second-order valence-corrected chi connectivity index (χ2v) is 11.4. The third-order valence-electron chi connectivity index (χ3n) is 8.85.